The number of para-hydroxylation sites is 1. The second-order valence-electron chi connectivity index (χ2n) is 9.76. The third-order valence-corrected chi connectivity index (χ3v) is 7.80. The van der Waals surface area contributed by atoms with Crippen molar-refractivity contribution in [3.05, 3.63) is 124 Å². The molecular weight excluding hydrogens is 444 g/mol. The molecule has 0 saturated heterocycles. The van der Waals surface area contributed by atoms with Crippen molar-refractivity contribution in [3.8, 4) is 11.1 Å². The zero-order valence-electron chi connectivity index (χ0n) is 20.3. The molecule has 4 aromatic rings. The number of anilines is 1. The normalized spacial score (nSPS) is 17.6. The van der Waals surface area contributed by atoms with Crippen LogP contribution in [0.15, 0.2) is 91.0 Å². The van der Waals surface area contributed by atoms with Gasteiger partial charge in [-0.1, -0.05) is 92.2 Å². The summed E-state index contributed by atoms with van der Waals surface area (Å²) in [5.74, 6) is -0.258. The van der Waals surface area contributed by atoms with Crippen LogP contribution in [-0.2, 0) is 23.2 Å². The number of nitrogens with two attached hydrogens (primary N) is 1. The fourth-order valence-corrected chi connectivity index (χ4v) is 6.25. The van der Waals surface area contributed by atoms with E-state index >= 15 is 0 Å². The van der Waals surface area contributed by atoms with Gasteiger partial charge in [0.1, 0.15) is 0 Å². The number of hydrogen-bond acceptors (Lipinski definition) is 2. The average molecular weight is 473 g/mol. The monoisotopic (exact) mass is 472 g/mol. The van der Waals surface area contributed by atoms with E-state index in [0.717, 1.165) is 56.6 Å². The van der Waals surface area contributed by atoms with Crippen molar-refractivity contribution in [3.63, 3.8) is 0 Å². The van der Waals surface area contributed by atoms with Crippen molar-refractivity contribution in [2.45, 2.75) is 38.1 Å². The molecular formula is C32H28N2O2. The molecule has 36 heavy (non-hydrogen) atoms. The Morgan fingerprint density at radius 2 is 1.50 bits per heavy atom. The van der Waals surface area contributed by atoms with Crippen LogP contribution in [0.1, 0.15) is 57.9 Å². The van der Waals surface area contributed by atoms with E-state index in [0.29, 0.717) is 19.4 Å². The van der Waals surface area contributed by atoms with Gasteiger partial charge in [0.2, 0.25) is 5.91 Å². The summed E-state index contributed by atoms with van der Waals surface area (Å²) in [5.41, 5.74) is 14.5. The van der Waals surface area contributed by atoms with Gasteiger partial charge in [0.15, 0.2) is 0 Å². The third-order valence-electron chi connectivity index (χ3n) is 7.80. The molecule has 2 amide bonds. The molecule has 1 unspecified atom stereocenters. The van der Waals surface area contributed by atoms with Crippen LogP contribution >= 0.6 is 0 Å². The number of fused-ring (bicyclic) bond motifs is 4. The highest BCUT2D eigenvalue weighted by molar-refractivity contribution is 6.10. The molecule has 2 aliphatic rings. The lowest BCUT2D eigenvalue weighted by atomic mass is 9.74. The largest absolute Gasteiger partial charge is 0.369 e. The van der Waals surface area contributed by atoms with E-state index in [1.54, 1.807) is 0 Å². The van der Waals surface area contributed by atoms with Crippen LogP contribution in [-0.4, -0.2) is 11.8 Å². The molecule has 0 fully saturated rings. The van der Waals surface area contributed by atoms with Gasteiger partial charge in [-0.25, -0.2) is 0 Å². The quantitative estimate of drug-likeness (QED) is 0.375. The topological polar surface area (TPSA) is 63.4 Å². The standard InChI is InChI=1S/C32H28N2O2/c1-2-18-32(31(33)36)26-15-7-6-14-25(26)29-22(12-9-16-27(29)32)19-21-10-4-8-17-28(21)34-20-23-11-3-5-13-24(23)30(34)35/h3-17H,2,18-20H2,1H3,(H2,33,36). The smallest absolute Gasteiger partial charge is 0.258 e. The summed E-state index contributed by atoms with van der Waals surface area (Å²) in [4.78, 5) is 28.2. The summed E-state index contributed by atoms with van der Waals surface area (Å²) in [7, 11) is 0. The minimum Gasteiger partial charge on any atom is -0.369 e. The molecule has 0 spiro atoms. The number of hydrogen-bond donors (Lipinski definition) is 1. The summed E-state index contributed by atoms with van der Waals surface area (Å²) < 4.78 is 0. The molecule has 0 aromatic heterocycles. The lowest BCUT2D eigenvalue weighted by Gasteiger charge is -2.28. The van der Waals surface area contributed by atoms with Crippen molar-refractivity contribution in [1.29, 1.82) is 0 Å². The minimum absolute atomic E-state index is 0.0392. The van der Waals surface area contributed by atoms with Gasteiger partial charge in [-0.3, -0.25) is 9.59 Å². The number of amides is 2. The average Bonchev–Trinajstić information content (AvgIpc) is 3.39. The lowest BCUT2D eigenvalue weighted by molar-refractivity contribution is -0.122. The van der Waals surface area contributed by atoms with E-state index in [9.17, 15) is 9.59 Å². The minimum atomic E-state index is -0.817. The van der Waals surface area contributed by atoms with Crippen LogP contribution in [0.4, 0.5) is 5.69 Å². The van der Waals surface area contributed by atoms with Gasteiger partial charge >= 0.3 is 0 Å². The maximum atomic E-state index is 13.3. The number of benzene rings is 4. The van der Waals surface area contributed by atoms with Crippen LogP contribution < -0.4 is 10.6 Å². The van der Waals surface area contributed by atoms with Crippen LogP contribution in [0.5, 0.6) is 0 Å². The molecule has 4 aromatic carbocycles. The summed E-state index contributed by atoms with van der Waals surface area (Å²) >= 11 is 0. The van der Waals surface area contributed by atoms with Crippen molar-refractivity contribution in [2.75, 3.05) is 4.90 Å². The van der Waals surface area contributed by atoms with E-state index in [-0.39, 0.29) is 11.8 Å². The van der Waals surface area contributed by atoms with Gasteiger partial charge in [-0.15, -0.1) is 0 Å². The molecule has 1 aliphatic carbocycles. The first-order valence-electron chi connectivity index (χ1n) is 12.6. The molecule has 0 bridgehead atoms. The van der Waals surface area contributed by atoms with Crippen molar-refractivity contribution in [1.82, 2.24) is 0 Å². The zero-order valence-corrected chi connectivity index (χ0v) is 20.3. The van der Waals surface area contributed by atoms with Gasteiger partial charge < -0.3 is 10.6 Å². The number of carbonyl (C=O) groups excluding carboxylic acids is 2. The molecule has 4 heteroatoms. The third kappa shape index (κ3) is 3.14. The maximum absolute atomic E-state index is 13.3. The van der Waals surface area contributed by atoms with E-state index in [1.165, 1.54) is 0 Å². The number of rotatable bonds is 6. The van der Waals surface area contributed by atoms with Gasteiger partial charge in [0, 0.05) is 17.7 Å². The molecule has 6 rings (SSSR count). The summed E-state index contributed by atoms with van der Waals surface area (Å²) in [6.45, 7) is 2.67. The Kier molecular flexibility index (Phi) is 5.26. The number of nitrogens with zero attached hydrogens (tertiary/aromatic N) is 1. The molecule has 2 N–H and O–H groups in total. The maximum Gasteiger partial charge on any atom is 0.258 e. The molecule has 1 aliphatic heterocycles. The second kappa shape index (κ2) is 8.49. The Bertz CT molecular complexity index is 1520. The highest BCUT2D eigenvalue weighted by Crippen LogP contribution is 2.52. The Morgan fingerprint density at radius 1 is 0.833 bits per heavy atom. The molecule has 4 nitrogen and oxygen atoms in total. The van der Waals surface area contributed by atoms with E-state index in [4.69, 9.17) is 5.73 Å². The molecule has 0 saturated carbocycles. The molecule has 1 atom stereocenters. The Balaban J connectivity index is 1.47. The Hall–Kier alpha value is -4.18. The van der Waals surface area contributed by atoms with Gasteiger partial charge in [0.25, 0.3) is 5.91 Å². The van der Waals surface area contributed by atoms with Gasteiger partial charge in [-0.2, -0.15) is 0 Å². The predicted octanol–water partition coefficient (Wildman–Crippen LogP) is 5.99. The van der Waals surface area contributed by atoms with E-state index in [2.05, 4.69) is 31.2 Å². The first kappa shape index (κ1) is 22.3. The van der Waals surface area contributed by atoms with Crippen LogP contribution in [0.2, 0.25) is 0 Å². The van der Waals surface area contributed by atoms with Crippen molar-refractivity contribution in [2.24, 2.45) is 5.73 Å². The Labute approximate surface area is 211 Å². The van der Waals surface area contributed by atoms with E-state index in [1.807, 2.05) is 71.6 Å². The number of carbonyl (C=O) groups is 2. The van der Waals surface area contributed by atoms with Gasteiger partial charge in [0.05, 0.1) is 12.0 Å². The van der Waals surface area contributed by atoms with Crippen LogP contribution in [0.3, 0.4) is 0 Å². The molecule has 178 valence electrons. The van der Waals surface area contributed by atoms with Crippen molar-refractivity contribution >= 4 is 17.5 Å². The molecule has 1 heterocycles. The highest BCUT2D eigenvalue weighted by Gasteiger charge is 2.47. The first-order valence-corrected chi connectivity index (χ1v) is 12.6. The Morgan fingerprint density at radius 3 is 2.28 bits per heavy atom. The van der Waals surface area contributed by atoms with E-state index < -0.39 is 5.41 Å². The van der Waals surface area contributed by atoms with Crippen molar-refractivity contribution < 1.29 is 9.59 Å². The summed E-state index contributed by atoms with van der Waals surface area (Å²) in [6, 6.07) is 30.3. The lowest BCUT2D eigenvalue weighted by Crippen LogP contribution is -2.40. The zero-order chi connectivity index (χ0) is 24.9. The fraction of sp³-hybridized carbons (Fsp3) is 0.188. The van der Waals surface area contributed by atoms with Crippen LogP contribution in [0, 0.1) is 0 Å². The summed E-state index contributed by atoms with van der Waals surface area (Å²) in [6.07, 6.45) is 2.17. The predicted molar refractivity (Wildman–Crippen MR) is 143 cm³/mol. The summed E-state index contributed by atoms with van der Waals surface area (Å²) in [5, 5.41) is 0. The molecule has 0 radical (unpaired) electrons. The first-order chi connectivity index (χ1) is 17.6. The highest BCUT2D eigenvalue weighted by atomic mass is 16.2. The fourth-order valence-electron chi connectivity index (χ4n) is 6.25. The second-order valence-corrected chi connectivity index (χ2v) is 9.76. The van der Waals surface area contributed by atoms with Gasteiger partial charge in [-0.05, 0) is 57.5 Å². The van der Waals surface area contributed by atoms with Crippen LogP contribution in [0.25, 0.3) is 11.1 Å². The number of primary amides is 1. The SMILES string of the molecule is CCCC1(C(N)=O)c2ccccc2-c2c(Cc3ccccc3N3Cc4ccccc4C3=O)cccc21.